The molecule has 4 heteroatoms. The number of likely N-dealkylation sites (N-methyl/N-ethyl adjacent to an activating group) is 1. The van der Waals surface area contributed by atoms with E-state index in [9.17, 15) is 9.90 Å². The van der Waals surface area contributed by atoms with Gasteiger partial charge in [0.15, 0.2) is 0 Å². The molecule has 1 fully saturated rings. The van der Waals surface area contributed by atoms with Crippen molar-refractivity contribution in [1.29, 1.82) is 0 Å². The van der Waals surface area contributed by atoms with Crippen molar-refractivity contribution in [3.8, 4) is 5.75 Å². The van der Waals surface area contributed by atoms with Crippen LogP contribution in [0.15, 0.2) is 18.2 Å². The second-order valence-corrected chi connectivity index (χ2v) is 5.16. The molecule has 1 unspecified atom stereocenters. The second-order valence-electron chi connectivity index (χ2n) is 5.16. The molecule has 19 heavy (non-hydrogen) atoms. The summed E-state index contributed by atoms with van der Waals surface area (Å²) in [6.45, 7) is 6.30. The van der Waals surface area contributed by atoms with Crippen LogP contribution in [0.5, 0.6) is 5.75 Å². The molecule has 1 aliphatic rings. The Bertz CT molecular complexity index is 453. The summed E-state index contributed by atoms with van der Waals surface area (Å²) >= 11 is 0. The summed E-state index contributed by atoms with van der Waals surface area (Å²) in [6.07, 6.45) is 2.29. The molecule has 1 heterocycles. The first-order valence-corrected chi connectivity index (χ1v) is 6.94. The van der Waals surface area contributed by atoms with Crippen molar-refractivity contribution in [1.82, 2.24) is 10.2 Å². The summed E-state index contributed by atoms with van der Waals surface area (Å²) in [5.74, 6) is -0.0224. The third-order valence-corrected chi connectivity index (χ3v) is 3.65. The molecule has 1 atom stereocenters. The van der Waals surface area contributed by atoms with E-state index in [2.05, 4.69) is 5.32 Å². The van der Waals surface area contributed by atoms with Crippen LogP contribution in [0.3, 0.4) is 0 Å². The van der Waals surface area contributed by atoms with Crippen LogP contribution < -0.4 is 5.32 Å². The smallest absolute Gasteiger partial charge is 0.257 e. The van der Waals surface area contributed by atoms with Crippen LogP contribution in [-0.2, 0) is 0 Å². The molecule has 0 aliphatic carbocycles. The number of phenols is 1. The molecule has 0 bridgehead atoms. The normalized spacial score (nSPS) is 18.5. The number of nitrogens with zero attached hydrogens (tertiary/aromatic N) is 1. The quantitative estimate of drug-likeness (QED) is 0.871. The molecular formula is C15H22N2O2. The number of aromatic hydroxyl groups is 1. The first kappa shape index (κ1) is 13.9. The number of nitrogens with one attached hydrogen (secondary N) is 1. The van der Waals surface area contributed by atoms with Gasteiger partial charge in [-0.25, -0.2) is 0 Å². The Morgan fingerprint density at radius 3 is 2.95 bits per heavy atom. The maximum Gasteiger partial charge on any atom is 0.257 e. The average molecular weight is 262 g/mol. The number of amides is 1. The maximum absolute atomic E-state index is 12.5. The van der Waals surface area contributed by atoms with Gasteiger partial charge in [0.1, 0.15) is 5.75 Å². The monoisotopic (exact) mass is 262 g/mol. The number of hydrogen-bond donors (Lipinski definition) is 2. The topological polar surface area (TPSA) is 52.6 Å². The van der Waals surface area contributed by atoms with Crippen LogP contribution in [0, 0.1) is 6.92 Å². The minimum atomic E-state index is -0.0857. The number of phenolic OH excluding ortho intramolecular Hbond substituents is 1. The van der Waals surface area contributed by atoms with Crippen molar-refractivity contribution >= 4 is 5.91 Å². The van der Waals surface area contributed by atoms with Gasteiger partial charge in [-0.1, -0.05) is 11.6 Å². The second kappa shape index (κ2) is 6.06. The summed E-state index contributed by atoms with van der Waals surface area (Å²) in [5, 5.41) is 13.2. The zero-order valence-corrected chi connectivity index (χ0v) is 11.6. The molecule has 4 nitrogen and oxygen atoms in total. The van der Waals surface area contributed by atoms with Gasteiger partial charge >= 0.3 is 0 Å². The number of carbonyl (C=O) groups is 1. The van der Waals surface area contributed by atoms with E-state index < -0.39 is 0 Å². The van der Waals surface area contributed by atoms with Crippen molar-refractivity contribution in [3.63, 3.8) is 0 Å². The summed E-state index contributed by atoms with van der Waals surface area (Å²) < 4.78 is 0. The predicted octanol–water partition coefficient (Wildman–Crippen LogP) is 1.91. The van der Waals surface area contributed by atoms with Crippen LogP contribution in [-0.4, -0.2) is 41.6 Å². The number of rotatable bonds is 4. The number of benzene rings is 1. The van der Waals surface area contributed by atoms with Gasteiger partial charge in [-0.15, -0.1) is 0 Å². The molecule has 104 valence electrons. The van der Waals surface area contributed by atoms with E-state index >= 15 is 0 Å². The zero-order valence-electron chi connectivity index (χ0n) is 11.6. The van der Waals surface area contributed by atoms with E-state index in [1.165, 1.54) is 6.42 Å². The number of aryl methyl sites for hydroxylation is 1. The highest BCUT2D eigenvalue weighted by molar-refractivity contribution is 5.97. The van der Waals surface area contributed by atoms with Gasteiger partial charge in [-0.3, -0.25) is 4.79 Å². The highest BCUT2D eigenvalue weighted by atomic mass is 16.3. The van der Waals surface area contributed by atoms with Gasteiger partial charge in [-0.05, 0) is 45.4 Å². The average Bonchev–Trinajstić information content (AvgIpc) is 2.91. The summed E-state index contributed by atoms with van der Waals surface area (Å²) in [7, 11) is 0. The Hall–Kier alpha value is -1.55. The van der Waals surface area contributed by atoms with Gasteiger partial charge < -0.3 is 15.3 Å². The fourth-order valence-corrected chi connectivity index (χ4v) is 2.53. The Morgan fingerprint density at radius 2 is 2.32 bits per heavy atom. The Labute approximate surface area is 114 Å². The zero-order chi connectivity index (χ0) is 13.8. The van der Waals surface area contributed by atoms with Gasteiger partial charge in [0, 0.05) is 19.1 Å². The molecule has 0 aromatic heterocycles. The lowest BCUT2D eigenvalue weighted by atomic mass is 10.1. The lowest BCUT2D eigenvalue weighted by molar-refractivity contribution is 0.0748. The van der Waals surface area contributed by atoms with Crippen molar-refractivity contribution in [2.45, 2.75) is 32.7 Å². The highest BCUT2D eigenvalue weighted by Gasteiger charge is 2.22. The molecule has 1 amide bonds. The highest BCUT2D eigenvalue weighted by Crippen LogP contribution is 2.20. The van der Waals surface area contributed by atoms with Crippen molar-refractivity contribution in [3.05, 3.63) is 29.3 Å². The fourth-order valence-electron chi connectivity index (χ4n) is 2.53. The molecule has 1 aromatic rings. The van der Waals surface area contributed by atoms with E-state index in [-0.39, 0.29) is 11.7 Å². The van der Waals surface area contributed by atoms with E-state index in [1.807, 2.05) is 13.8 Å². The molecule has 1 aliphatic heterocycles. The maximum atomic E-state index is 12.5. The van der Waals surface area contributed by atoms with Crippen molar-refractivity contribution < 1.29 is 9.90 Å². The standard InChI is InChI=1S/C15H22N2O2/c1-3-17(10-12-5-4-8-16-12)15(19)13-9-11(2)6-7-14(13)18/h6-7,9,12,16,18H,3-5,8,10H2,1-2H3. The third-order valence-electron chi connectivity index (χ3n) is 3.65. The van der Waals surface area contributed by atoms with E-state index in [0.29, 0.717) is 24.7 Å². The Morgan fingerprint density at radius 1 is 1.53 bits per heavy atom. The van der Waals surface area contributed by atoms with Crippen LogP contribution in [0.2, 0.25) is 0 Å². The largest absolute Gasteiger partial charge is 0.507 e. The van der Waals surface area contributed by atoms with E-state index in [0.717, 1.165) is 18.5 Å². The summed E-state index contributed by atoms with van der Waals surface area (Å²) in [5.41, 5.74) is 1.39. The van der Waals surface area contributed by atoms with Crippen LogP contribution in [0.25, 0.3) is 0 Å². The van der Waals surface area contributed by atoms with Gasteiger partial charge in [0.05, 0.1) is 5.56 Å². The SMILES string of the molecule is CCN(CC1CCCN1)C(=O)c1cc(C)ccc1O. The van der Waals surface area contributed by atoms with Crippen LogP contribution in [0.4, 0.5) is 0 Å². The molecule has 1 saturated heterocycles. The molecule has 0 spiro atoms. The van der Waals surface area contributed by atoms with Gasteiger partial charge in [0.2, 0.25) is 0 Å². The van der Waals surface area contributed by atoms with Gasteiger partial charge in [-0.2, -0.15) is 0 Å². The molecule has 0 saturated carbocycles. The van der Waals surface area contributed by atoms with Crippen molar-refractivity contribution in [2.24, 2.45) is 0 Å². The fraction of sp³-hybridized carbons (Fsp3) is 0.533. The van der Waals surface area contributed by atoms with Crippen LogP contribution >= 0.6 is 0 Å². The number of carbonyl (C=O) groups excluding carboxylic acids is 1. The third kappa shape index (κ3) is 3.26. The summed E-state index contributed by atoms with van der Waals surface area (Å²) in [4.78, 5) is 14.3. The molecule has 1 aromatic carbocycles. The summed E-state index contributed by atoms with van der Waals surface area (Å²) in [6, 6.07) is 5.53. The van der Waals surface area contributed by atoms with Crippen LogP contribution in [0.1, 0.15) is 35.7 Å². The molecular weight excluding hydrogens is 240 g/mol. The molecule has 0 radical (unpaired) electrons. The van der Waals surface area contributed by atoms with Crippen molar-refractivity contribution in [2.75, 3.05) is 19.6 Å². The minimum absolute atomic E-state index is 0.0634. The Kier molecular flexibility index (Phi) is 4.43. The predicted molar refractivity (Wildman–Crippen MR) is 75.4 cm³/mol. The first-order valence-electron chi connectivity index (χ1n) is 6.94. The first-order chi connectivity index (χ1) is 9.11. The lowest BCUT2D eigenvalue weighted by Crippen LogP contribution is -2.41. The number of hydrogen-bond acceptors (Lipinski definition) is 3. The molecule has 2 rings (SSSR count). The van der Waals surface area contributed by atoms with E-state index in [1.54, 1.807) is 23.1 Å². The lowest BCUT2D eigenvalue weighted by Gasteiger charge is -2.25. The Balaban J connectivity index is 2.12. The minimum Gasteiger partial charge on any atom is -0.507 e. The van der Waals surface area contributed by atoms with E-state index in [4.69, 9.17) is 0 Å². The molecule has 2 N–H and O–H groups in total. The van der Waals surface area contributed by atoms with Gasteiger partial charge in [0.25, 0.3) is 5.91 Å².